The maximum atomic E-state index is 14.4. The predicted octanol–water partition coefficient (Wildman–Crippen LogP) is 4.55. The molecule has 4 rings (SSSR count). The van der Waals surface area contributed by atoms with Gasteiger partial charge in [-0.05, 0) is 41.5 Å². The van der Waals surface area contributed by atoms with E-state index in [-0.39, 0.29) is 36.5 Å². The van der Waals surface area contributed by atoms with Crippen LogP contribution < -0.4 is 10.1 Å². The largest absolute Gasteiger partial charge is 0.494 e. The van der Waals surface area contributed by atoms with Gasteiger partial charge in [-0.15, -0.1) is 0 Å². The zero-order chi connectivity index (χ0) is 23.4. The van der Waals surface area contributed by atoms with Crippen LogP contribution in [0.3, 0.4) is 0 Å². The second-order valence-electron chi connectivity index (χ2n) is 8.18. The third-order valence-electron chi connectivity index (χ3n) is 6.08. The van der Waals surface area contributed by atoms with Gasteiger partial charge in [0.2, 0.25) is 0 Å². The fraction of sp³-hybridized carbons (Fsp3) is 0.308. The lowest BCUT2D eigenvalue weighted by Crippen LogP contribution is -2.50. The van der Waals surface area contributed by atoms with Crippen molar-refractivity contribution in [3.05, 3.63) is 101 Å². The molecule has 1 aliphatic heterocycles. The van der Waals surface area contributed by atoms with Gasteiger partial charge in [-0.1, -0.05) is 36.4 Å². The zero-order valence-electron chi connectivity index (χ0n) is 18.2. The summed E-state index contributed by atoms with van der Waals surface area (Å²) < 4.78 is 52.6. The maximum absolute atomic E-state index is 14.4. The van der Waals surface area contributed by atoms with E-state index in [4.69, 9.17) is 9.47 Å². The molecule has 0 radical (unpaired) electrons. The van der Waals surface area contributed by atoms with E-state index in [1.165, 1.54) is 31.4 Å². The first-order valence-electron chi connectivity index (χ1n) is 10.8. The summed E-state index contributed by atoms with van der Waals surface area (Å²) in [5, 5.41) is 14.0. The summed E-state index contributed by atoms with van der Waals surface area (Å²) in [6, 6.07) is 16.7. The van der Waals surface area contributed by atoms with Crippen LogP contribution in [0, 0.1) is 17.5 Å². The first-order chi connectivity index (χ1) is 16.0. The highest BCUT2D eigenvalue weighted by Crippen LogP contribution is 2.35. The van der Waals surface area contributed by atoms with Gasteiger partial charge in [0.1, 0.15) is 11.6 Å². The molecule has 0 saturated carbocycles. The van der Waals surface area contributed by atoms with Crippen LogP contribution in [0.5, 0.6) is 5.75 Å². The molecule has 174 valence electrons. The van der Waals surface area contributed by atoms with Gasteiger partial charge in [0.25, 0.3) is 0 Å². The molecule has 7 heteroatoms. The van der Waals surface area contributed by atoms with Gasteiger partial charge in [-0.2, -0.15) is 0 Å². The minimum absolute atomic E-state index is 0.163. The number of methoxy groups -OCH3 is 1. The Morgan fingerprint density at radius 1 is 0.970 bits per heavy atom. The maximum Gasteiger partial charge on any atom is 0.169 e. The third kappa shape index (κ3) is 5.38. The number of ether oxygens (including phenoxy) is 2. The van der Waals surface area contributed by atoms with E-state index in [0.29, 0.717) is 12.0 Å². The van der Waals surface area contributed by atoms with Gasteiger partial charge in [0.05, 0.1) is 32.0 Å². The first kappa shape index (κ1) is 23.3. The predicted molar refractivity (Wildman–Crippen MR) is 119 cm³/mol. The molecule has 1 saturated heterocycles. The summed E-state index contributed by atoms with van der Waals surface area (Å²) in [4.78, 5) is 0. The molecule has 3 unspecified atom stereocenters. The van der Waals surface area contributed by atoms with E-state index in [0.717, 1.165) is 11.1 Å². The van der Waals surface area contributed by atoms with Gasteiger partial charge in [0, 0.05) is 24.4 Å². The van der Waals surface area contributed by atoms with Crippen LogP contribution in [0.25, 0.3) is 0 Å². The lowest BCUT2D eigenvalue weighted by molar-refractivity contribution is -0.0718. The molecule has 2 N–H and O–H groups in total. The molecule has 3 aromatic rings. The molecule has 0 spiro atoms. The SMILES string of the molecule is COc1cccc(CNC2COC(C(c3ccc(F)cc3)c3ccc(F)cc3)CC2O)c1F. The number of aliphatic hydroxyl groups excluding tert-OH is 1. The molecule has 1 aliphatic rings. The minimum atomic E-state index is -0.749. The summed E-state index contributed by atoms with van der Waals surface area (Å²) in [5.74, 6) is -1.29. The standard InChI is InChI=1S/C26H26F3NO3/c1-32-23-4-2-3-18(26(23)29)14-30-21-15-33-24(13-22(21)31)25(16-5-9-19(27)10-6-16)17-7-11-20(28)12-8-17/h2-12,21-22,24-25,30-31H,13-15H2,1H3. The Bertz CT molecular complexity index is 1010. The zero-order valence-corrected chi connectivity index (χ0v) is 18.2. The highest BCUT2D eigenvalue weighted by Gasteiger charge is 2.35. The molecule has 0 bridgehead atoms. The second kappa shape index (κ2) is 10.4. The summed E-state index contributed by atoms with van der Waals surface area (Å²) >= 11 is 0. The monoisotopic (exact) mass is 457 g/mol. The highest BCUT2D eigenvalue weighted by atomic mass is 19.1. The summed E-state index contributed by atoms with van der Waals surface area (Å²) in [6.07, 6.45) is -0.846. The molecular weight excluding hydrogens is 431 g/mol. The van der Waals surface area contributed by atoms with E-state index in [9.17, 15) is 18.3 Å². The summed E-state index contributed by atoms with van der Waals surface area (Å²) in [7, 11) is 1.41. The molecule has 0 aliphatic carbocycles. The number of nitrogens with one attached hydrogen (secondary N) is 1. The fourth-order valence-electron chi connectivity index (χ4n) is 4.29. The third-order valence-corrected chi connectivity index (χ3v) is 6.08. The van der Waals surface area contributed by atoms with Crippen molar-refractivity contribution in [1.29, 1.82) is 0 Å². The van der Waals surface area contributed by atoms with E-state index in [1.54, 1.807) is 42.5 Å². The van der Waals surface area contributed by atoms with Crippen LogP contribution in [0.1, 0.15) is 29.0 Å². The van der Waals surface area contributed by atoms with Crippen molar-refractivity contribution in [3.63, 3.8) is 0 Å². The molecule has 1 heterocycles. The number of aliphatic hydroxyl groups is 1. The quantitative estimate of drug-likeness (QED) is 0.547. The van der Waals surface area contributed by atoms with Crippen molar-refractivity contribution in [2.24, 2.45) is 0 Å². The van der Waals surface area contributed by atoms with Gasteiger partial charge < -0.3 is 19.9 Å². The molecule has 33 heavy (non-hydrogen) atoms. The molecular formula is C26H26F3NO3. The number of hydrogen-bond acceptors (Lipinski definition) is 4. The Morgan fingerprint density at radius 3 is 2.12 bits per heavy atom. The normalized spacial score (nSPS) is 20.7. The second-order valence-corrected chi connectivity index (χ2v) is 8.18. The van der Waals surface area contributed by atoms with E-state index in [2.05, 4.69) is 5.32 Å². The lowest BCUT2D eigenvalue weighted by atomic mass is 9.82. The Morgan fingerprint density at radius 2 is 1.58 bits per heavy atom. The van der Waals surface area contributed by atoms with Crippen molar-refractivity contribution in [3.8, 4) is 5.75 Å². The fourth-order valence-corrected chi connectivity index (χ4v) is 4.29. The van der Waals surface area contributed by atoms with Crippen molar-refractivity contribution < 1.29 is 27.8 Å². The average Bonchev–Trinajstić information content (AvgIpc) is 2.82. The van der Waals surface area contributed by atoms with Gasteiger partial charge in [-0.3, -0.25) is 0 Å². The first-order valence-corrected chi connectivity index (χ1v) is 10.8. The number of hydrogen-bond donors (Lipinski definition) is 2. The van der Waals surface area contributed by atoms with Crippen LogP contribution in [-0.4, -0.2) is 37.1 Å². The molecule has 1 fully saturated rings. The Balaban J connectivity index is 1.48. The van der Waals surface area contributed by atoms with E-state index in [1.807, 2.05) is 0 Å². The summed E-state index contributed by atoms with van der Waals surface area (Å²) in [5.41, 5.74) is 2.05. The molecule has 3 atom stereocenters. The highest BCUT2D eigenvalue weighted by molar-refractivity contribution is 5.35. The van der Waals surface area contributed by atoms with Crippen molar-refractivity contribution in [1.82, 2.24) is 5.32 Å². The Kier molecular flexibility index (Phi) is 7.33. The minimum Gasteiger partial charge on any atom is -0.494 e. The lowest BCUT2D eigenvalue weighted by Gasteiger charge is -2.38. The Labute approximate surface area is 191 Å². The van der Waals surface area contributed by atoms with Gasteiger partial charge in [0.15, 0.2) is 11.6 Å². The van der Waals surface area contributed by atoms with Gasteiger partial charge in [-0.25, -0.2) is 13.2 Å². The van der Waals surface area contributed by atoms with Crippen LogP contribution in [0.2, 0.25) is 0 Å². The summed E-state index contributed by atoms with van der Waals surface area (Å²) in [6.45, 7) is 0.411. The van der Waals surface area contributed by atoms with Gasteiger partial charge >= 0.3 is 0 Å². The Hall–Kier alpha value is -2.87. The molecule has 4 nitrogen and oxygen atoms in total. The van der Waals surface area contributed by atoms with E-state index < -0.39 is 24.1 Å². The van der Waals surface area contributed by atoms with Crippen molar-refractivity contribution >= 4 is 0 Å². The topological polar surface area (TPSA) is 50.7 Å². The molecule has 3 aromatic carbocycles. The van der Waals surface area contributed by atoms with E-state index >= 15 is 0 Å². The van der Waals surface area contributed by atoms with Crippen LogP contribution in [-0.2, 0) is 11.3 Å². The van der Waals surface area contributed by atoms with Crippen LogP contribution >= 0.6 is 0 Å². The number of rotatable bonds is 7. The molecule has 0 aromatic heterocycles. The van der Waals surface area contributed by atoms with Crippen LogP contribution in [0.15, 0.2) is 66.7 Å². The number of halogens is 3. The average molecular weight is 457 g/mol. The molecule has 0 amide bonds. The number of benzene rings is 3. The smallest absolute Gasteiger partial charge is 0.169 e. The van der Waals surface area contributed by atoms with Crippen LogP contribution in [0.4, 0.5) is 13.2 Å². The van der Waals surface area contributed by atoms with Crippen molar-refractivity contribution in [2.75, 3.05) is 13.7 Å². The van der Waals surface area contributed by atoms with Crippen molar-refractivity contribution in [2.45, 2.75) is 37.1 Å².